The third kappa shape index (κ3) is 3.25. The molecule has 142 valence electrons. The van der Waals surface area contributed by atoms with E-state index in [9.17, 15) is 9.59 Å². The lowest BCUT2D eigenvalue weighted by atomic mass is 9.65. The smallest absolute Gasteiger partial charge is 0.254 e. The minimum Gasteiger partial charge on any atom is -0.383 e. The molecule has 1 saturated carbocycles. The van der Waals surface area contributed by atoms with Crippen molar-refractivity contribution >= 4 is 11.8 Å². The molecule has 1 fully saturated rings. The molecule has 1 N–H and O–H groups in total. The van der Waals surface area contributed by atoms with Crippen molar-refractivity contribution in [2.24, 2.45) is 0 Å². The molecule has 1 heterocycles. The number of hydrogen-bond donors (Lipinski definition) is 1. The number of benzene rings is 1. The van der Waals surface area contributed by atoms with Crippen molar-refractivity contribution in [3.05, 3.63) is 35.4 Å². The SMILES string of the molecule is CCCNC(=O)[C@H]1c2ccccc2C(=O)N(CCOC)C12CCCCC2. The zero-order valence-electron chi connectivity index (χ0n) is 15.9. The van der Waals surface area contributed by atoms with Gasteiger partial charge in [0.05, 0.1) is 18.1 Å². The maximum Gasteiger partial charge on any atom is 0.254 e. The van der Waals surface area contributed by atoms with Crippen LogP contribution in [0.5, 0.6) is 0 Å². The molecule has 2 amide bonds. The van der Waals surface area contributed by atoms with Crippen LogP contribution >= 0.6 is 0 Å². The van der Waals surface area contributed by atoms with Crippen molar-refractivity contribution in [2.75, 3.05) is 26.8 Å². The summed E-state index contributed by atoms with van der Waals surface area (Å²) in [5, 5.41) is 3.10. The monoisotopic (exact) mass is 358 g/mol. The van der Waals surface area contributed by atoms with Crippen LogP contribution in [0.3, 0.4) is 0 Å². The van der Waals surface area contributed by atoms with Gasteiger partial charge in [0.1, 0.15) is 0 Å². The Balaban J connectivity index is 2.10. The molecule has 5 nitrogen and oxygen atoms in total. The molecule has 1 aliphatic carbocycles. The van der Waals surface area contributed by atoms with Crippen molar-refractivity contribution in [3.63, 3.8) is 0 Å². The molecular formula is C21H30N2O3. The Hall–Kier alpha value is -1.88. The minimum absolute atomic E-state index is 0.0408. The van der Waals surface area contributed by atoms with Gasteiger partial charge in [-0.3, -0.25) is 9.59 Å². The van der Waals surface area contributed by atoms with Crippen LogP contribution in [-0.4, -0.2) is 49.1 Å². The van der Waals surface area contributed by atoms with Gasteiger partial charge in [-0.25, -0.2) is 0 Å². The Bertz CT molecular complexity index is 652. The fraction of sp³-hybridized carbons (Fsp3) is 0.619. The normalized spacial score (nSPS) is 21.5. The Morgan fingerprint density at radius 2 is 2.00 bits per heavy atom. The molecule has 5 heteroatoms. The standard InChI is InChI=1S/C21H30N2O3/c1-3-13-22-19(24)18-16-9-5-6-10-17(16)20(25)23(14-15-26-2)21(18)11-7-4-8-12-21/h5-6,9-10,18H,3-4,7-8,11-15H2,1-2H3,(H,22,24)/t18-/m1/s1. The topological polar surface area (TPSA) is 58.6 Å². The first-order valence-electron chi connectivity index (χ1n) is 9.83. The summed E-state index contributed by atoms with van der Waals surface area (Å²) in [5.74, 6) is -0.213. The van der Waals surface area contributed by atoms with Crippen molar-refractivity contribution in [1.82, 2.24) is 10.2 Å². The number of rotatable bonds is 6. The first kappa shape index (κ1) is 18.9. The fourth-order valence-electron chi connectivity index (χ4n) is 4.70. The quantitative estimate of drug-likeness (QED) is 0.850. The summed E-state index contributed by atoms with van der Waals surface area (Å²) in [6.45, 7) is 3.74. The number of ether oxygens (including phenoxy) is 1. The van der Waals surface area contributed by atoms with Gasteiger partial charge in [0, 0.05) is 25.8 Å². The first-order valence-corrected chi connectivity index (χ1v) is 9.83. The van der Waals surface area contributed by atoms with Crippen molar-refractivity contribution in [1.29, 1.82) is 0 Å². The molecule has 0 radical (unpaired) electrons. The van der Waals surface area contributed by atoms with Crippen LogP contribution in [0.2, 0.25) is 0 Å². The Labute approximate surface area is 156 Å². The van der Waals surface area contributed by atoms with Gasteiger partial charge in [0.15, 0.2) is 0 Å². The summed E-state index contributed by atoms with van der Waals surface area (Å²) >= 11 is 0. The minimum atomic E-state index is -0.431. The molecule has 1 aromatic carbocycles. The maximum absolute atomic E-state index is 13.3. The van der Waals surface area contributed by atoms with E-state index in [-0.39, 0.29) is 17.7 Å². The third-order valence-corrected chi connectivity index (χ3v) is 5.87. The van der Waals surface area contributed by atoms with Gasteiger partial charge >= 0.3 is 0 Å². The highest BCUT2D eigenvalue weighted by atomic mass is 16.5. The number of nitrogens with zero attached hydrogens (tertiary/aromatic N) is 1. The second kappa shape index (κ2) is 8.21. The highest BCUT2D eigenvalue weighted by molar-refractivity contribution is 6.02. The summed E-state index contributed by atoms with van der Waals surface area (Å²) in [4.78, 5) is 28.5. The van der Waals surface area contributed by atoms with E-state index >= 15 is 0 Å². The second-order valence-corrected chi connectivity index (χ2v) is 7.43. The van der Waals surface area contributed by atoms with Crippen LogP contribution in [0.25, 0.3) is 0 Å². The number of carbonyl (C=O) groups is 2. The summed E-state index contributed by atoms with van der Waals surface area (Å²) in [7, 11) is 1.65. The van der Waals surface area contributed by atoms with Gasteiger partial charge in [-0.2, -0.15) is 0 Å². The highest BCUT2D eigenvalue weighted by Gasteiger charge is 2.54. The van der Waals surface area contributed by atoms with Crippen LogP contribution in [0, 0.1) is 0 Å². The van der Waals surface area contributed by atoms with E-state index in [1.54, 1.807) is 7.11 Å². The molecule has 0 unspecified atom stereocenters. The van der Waals surface area contributed by atoms with Gasteiger partial charge in [-0.15, -0.1) is 0 Å². The van der Waals surface area contributed by atoms with Gasteiger partial charge in [-0.1, -0.05) is 44.4 Å². The molecule has 1 spiro atoms. The van der Waals surface area contributed by atoms with Gasteiger partial charge in [0.25, 0.3) is 5.91 Å². The third-order valence-electron chi connectivity index (χ3n) is 5.87. The molecule has 26 heavy (non-hydrogen) atoms. The maximum atomic E-state index is 13.3. The summed E-state index contributed by atoms with van der Waals surface area (Å²) in [5.41, 5.74) is 1.12. The highest BCUT2D eigenvalue weighted by Crippen LogP contribution is 2.49. The van der Waals surface area contributed by atoms with E-state index in [1.807, 2.05) is 29.2 Å². The molecule has 1 aromatic rings. The lowest BCUT2D eigenvalue weighted by Gasteiger charge is -2.53. The van der Waals surface area contributed by atoms with Crippen molar-refractivity contribution < 1.29 is 14.3 Å². The molecule has 1 aliphatic heterocycles. The molecular weight excluding hydrogens is 328 g/mol. The van der Waals surface area contributed by atoms with Crippen LogP contribution in [-0.2, 0) is 9.53 Å². The van der Waals surface area contributed by atoms with E-state index in [0.717, 1.165) is 37.7 Å². The average molecular weight is 358 g/mol. The van der Waals surface area contributed by atoms with Crippen LogP contribution < -0.4 is 5.32 Å². The predicted octanol–water partition coefficient (Wildman–Crippen LogP) is 3.10. The van der Waals surface area contributed by atoms with E-state index in [1.165, 1.54) is 6.42 Å². The number of nitrogens with one attached hydrogen (secondary N) is 1. The van der Waals surface area contributed by atoms with E-state index < -0.39 is 5.54 Å². The number of amides is 2. The first-order chi connectivity index (χ1) is 12.7. The Kier molecular flexibility index (Phi) is 5.97. The predicted molar refractivity (Wildman–Crippen MR) is 101 cm³/mol. The number of fused-ring (bicyclic) bond motifs is 1. The number of carbonyl (C=O) groups excluding carboxylic acids is 2. The fourth-order valence-corrected chi connectivity index (χ4v) is 4.70. The molecule has 2 aliphatic rings. The zero-order chi connectivity index (χ0) is 18.6. The Morgan fingerprint density at radius 3 is 2.69 bits per heavy atom. The molecule has 3 rings (SSSR count). The van der Waals surface area contributed by atoms with Gasteiger partial charge < -0.3 is 15.0 Å². The van der Waals surface area contributed by atoms with Gasteiger partial charge in [0.2, 0.25) is 5.91 Å². The van der Waals surface area contributed by atoms with E-state index in [0.29, 0.717) is 25.3 Å². The largest absolute Gasteiger partial charge is 0.383 e. The lowest BCUT2D eigenvalue weighted by Crippen LogP contribution is -2.63. The van der Waals surface area contributed by atoms with Crippen LogP contribution in [0.15, 0.2) is 24.3 Å². The molecule has 0 bridgehead atoms. The number of hydrogen-bond acceptors (Lipinski definition) is 3. The zero-order valence-corrected chi connectivity index (χ0v) is 15.9. The number of methoxy groups -OCH3 is 1. The Morgan fingerprint density at radius 1 is 1.27 bits per heavy atom. The molecule has 0 saturated heterocycles. The lowest BCUT2D eigenvalue weighted by molar-refractivity contribution is -0.127. The van der Waals surface area contributed by atoms with E-state index in [2.05, 4.69) is 12.2 Å². The van der Waals surface area contributed by atoms with Crippen molar-refractivity contribution in [3.8, 4) is 0 Å². The van der Waals surface area contributed by atoms with E-state index in [4.69, 9.17) is 4.74 Å². The summed E-state index contributed by atoms with van der Waals surface area (Å²) in [6.07, 6.45) is 5.92. The second-order valence-electron chi connectivity index (χ2n) is 7.43. The van der Waals surface area contributed by atoms with Crippen molar-refractivity contribution in [2.45, 2.75) is 56.9 Å². The summed E-state index contributed by atoms with van der Waals surface area (Å²) < 4.78 is 5.28. The molecule has 0 aromatic heterocycles. The van der Waals surface area contributed by atoms with Gasteiger partial charge in [-0.05, 0) is 30.9 Å². The van der Waals surface area contributed by atoms with Crippen LogP contribution in [0.1, 0.15) is 67.3 Å². The molecule has 1 atom stereocenters. The summed E-state index contributed by atoms with van der Waals surface area (Å²) in [6, 6.07) is 7.64. The average Bonchev–Trinajstić information content (AvgIpc) is 2.67. The van der Waals surface area contributed by atoms with Crippen LogP contribution in [0.4, 0.5) is 0 Å².